The Balaban J connectivity index is 1.54. The number of aryl methyl sites for hydroxylation is 1. The van der Waals surface area contributed by atoms with Gasteiger partial charge in [0.05, 0.1) is 17.1 Å². The van der Waals surface area contributed by atoms with Crippen molar-refractivity contribution < 1.29 is 14.7 Å². The van der Waals surface area contributed by atoms with Crippen molar-refractivity contribution in [2.24, 2.45) is 0 Å². The smallest absolute Gasteiger partial charge is 0.254 e. The maximum Gasteiger partial charge on any atom is 0.254 e. The van der Waals surface area contributed by atoms with Gasteiger partial charge in [0.1, 0.15) is 11.9 Å². The lowest BCUT2D eigenvalue weighted by molar-refractivity contribution is 0.0797. The third-order valence-corrected chi connectivity index (χ3v) is 5.59. The Morgan fingerprint density at radius 3 is 2.61 bits per heavy atom. The molecule has 0 aliphatic carbocycles. The van der Waals surface area contributed by atoms with Gasteiger partial charge in [-0.2, -0.15) is 0 Å². The number of amides is 2. The lowest BCUT2D eigenvalue weighted by Crippen LogP contribution is -2.36. The van der Waals surface area contributed by atoms with E-state index in [0.717, 1.165) is 11.1 Å². The van der Waals surface area contributed by atoms with Gasteiger partial charge < -0.3 is 20.3 Å². The lowest BCUT2D eigenvalue weighted by atomic mass is 10.0. The first-order valence-corrected chi connectivity index (χ1v) is 10.4. The zero-order valence-electron chi connectivity index (χ0n) is 17.2. The molecule has 0 fully saturated rings. The molecule has 0 bridgehead atoms. The van der Waals surface area contributed by atoms with Gasteiger partial charge in [-0.15, -0.1) is 0 Å². The summed E-state index contributed by atoms with van der Waals surface area (Å²) in [5, 5.41) is 13.7. The number of aromatic amines is 1. The molecule has 2 atom stereocenters. The molecule has 160 valence electrons. The van der Waals surface area contributed by atoms with Crippen LogP contribution in [0, 0.1) is 6.92 Å². The fourth-order valence-electron chi connectivity index (χ4n) is 3.65. The zero-order chi connectivity index (χ0) is 22.1. The number of carbonyl (C=O) groups is 2. The number of aromatic nitrogens is 2. The summed E-state index contributed by atoms with van der Waals surface area (Å²) < 4.78 is 0. The second kappa shape index (κ2) is 8.53. The molecule has 3 N–H and O–H groups in total. The Kier molecular flexibility index (Phi) is 5.80. The van der Waals surface area contributed by atoms with Crippen molar-refractivity contribution >= 4 is 34.4 Å². The number of imidazole rings is 1. The van der Waals surface area contributed by atoms with Crippen LogP contribution in [0.4, 0.5) is 0 Å². The summed E-state index contributed by atoms with van der Waals surface area (Å²) >= 11 is 6.03. The van der Waals surface area contributed by atoms with Gasteiger partial charge in [0.15, 0.2) is 0 Å². The highest BCUT2D eigenvalue weighted by Crippen LogP contribution is 2.23. The summed E-state index contributed by atoms with van der Waals surface area (Å²) in [5.41, 5.74) is 3.10. The molecule has 2 amide bonds. The quantitative estimate of drug-likeness (QED) is 0.532. The third kappa shape index (κ3) is 4.33. The van der Waals surface area contributed by atoms with Crippen LogP contribution in [0.25, 0.3) is 11.0 Å². The molecule has 3 aromatic rings. The molecule has 4 rings (SSSR count). The van der Waals surface area contributed by atoms with E-state index in [1.54, 1.807) is 48.2 Å². The van der Waals surface area contributed by atoms with Gasteiger partial charge in [-0.05, 0) is 55.8 Å². The number of aliphatic hydroxyl groups excluding tert-OH is 1. The molecule has 8 heteroatoms. The van der Waals surface area contributed by atoms with Gasteiger partial charge in [0.25, 0.3) is 11.8 Å². The fraction of sp³-hybridized carbons (Fsp3) is 0.261. The van der Waals surface area contributed by atoms with E-state index in [9.17, 15) is 14.7 Å². The lowest BCUT2D eigenvalue weighted by Gasteiger charge is -2.20. The number of aliphatic hydroxyl groups is 1. The Bertz CT molecular complexity index is 1180. The van der Waals surface area contributed by atoms with E-state index in [1.807, 2.05) is 19.1 Å². The summed E-state index contributed by atoms with van der Waals surface area (Å²) in [6.45, 7) is 4.59. The standard InChI is InChI=1S/C23H23ClN4O3/c1-13-11-15(5-7-17(13)23(31)28-9-3-4-10-28)22(30)27-20(14(2)29)21-25-18-8-6-16(24)12-19(18)26-21/h3-8,11-12,14,20,29H,9-10H2,1-2H3,(H,25,26)(H,27,30)/t14-,20-/m0/s1. The molecule has 1 aliphatic heterocycles. The van der Waals surface area contributed by atoms with Crippen molar-refractivity contribution in [2.45, 2.75) is 26.0 Å². The predicted octanol–water partition coefficient (Wildman–Crippen LogP) is 3.39. The topological polar surface area (TPSA) is 98.3 Å². The summed E-state index contributed by atoms with van der Waals surface area (Å²) in [6, 6.07) is 9.48. The van der Waals surface area contributed by atoms with E-state index >= 15 is 0 Å². The Labute approximate surface area is 184 Å². The van der Waals surface area contributed by atoms with Gasteiger partial charge in [-0.25, -0.2) is 4.98 Å². The number of H-pyrrole nitrogens is 1. The number of carbonyl (C=O) groups excluding carboxylic acids is 2. The van der Waals surface area contributed by atoms with E-state index in [-0.39, 0.29) is 11.8 Å². The van der Waals surface area contributed by atoms with Crippen molar-refractivity contribution in [3.8, 4) is 0 Å². The molecular weight excluding hydrogens is 416 g/mol. The second-order valence-corrected chi connectivity index (χ2v) is 8.12. The highest BCUT2D eigenvalue weighted by molar-refractivity contribution is 6.31. The highest BCUT2D eigenvalue weighted by Gasteiger charge is 2.25. The maximum atomic E-state index is 12.9. The number of nitrogens with one attached hydrogen (secondary N) is 2. The summed E-state index contributed by atoms with van der Waals surface area (Å²) in [7, 11) is 0. The van der Waals surface area contributed by atoms with Crippen LogP contribution in [-0.2, 0) is 0 Å². The van der Waals surface area contributed by atoms with Crippen LogP contribution >= 0.6 is 11.6 Å². The van der Waals surface area contributed by atoms with Crippen LogP contribution < -0.4 is 5.32 Å². The predicted molar refractivity (Wildman–Crippen MR) is 119 cm³/mol. The van der Waals surface area contributed by atoms with E-state index < -0.39 is 12.1 Å². The summed E-state index contributed by atoms with van der Waals surface area (Å²) in [5.74, 6) is 0.0113. The number of fused-ring (bicyclic) bond motifs is 1. The molecule has 0 saturated heterocycles. The fourth-order valence-corrected chi connectivity index (χ4v) is 3.82. The highest BCUT2D eigenvalue weighted by atomic mass is 35.5. The molecule has 31 heavy (non-hydrogen) atoms. The first kappa shape index (κ1) is 21.1. The molecule has 0 radical (unpaired) electrons. The molecule has 2 heterocycles. The molecule has 2 aromatic carbocycles. The monoisotopic (exact) mass is 438 g/mol. The first-order chi connectivity index (χ1) is 14.8. The van der Waals surface area contributed by atoms with Gasteiger partial charge in [-0.3, -0.25) is 9.59 Å². The third-order valence-electron chi connectivity index (χ3n) is 5.35. The summed E-state index contributed by atoms with van der Waals surface area (Å²) in [6.07, 6.45) is 3.03. The van der Waals surface area contributed by atoms with Crippen molar-refractivity contribution in [2.75, 3.05) is 13.1 Å². The first-order valence-electron chi connectivity index (χ1n) is 10.0. The van der Waals surface area contributed by atoms with Gasteiger partial charge in [0, 0.05) is 29.2 Å². The number of hydrogen-bond donors (Lipinski definition) is 3. The van der Waals surface area contributed by atoms with Crippen molar-refractivity contribution in [3.05, 3.63) is 76.1 Å². The minimum absolute atomic E-state index is 0.0581. The van der Waals surface area contributed by atoms with Crippen LogP contribution in [0.15, 0.2) is 48.6 Å². The zero-order valence-corrected chi connectivity index (χ0v) is 18.0. The number of halogens is 1. The van der Waals surface area contributed by atoms with Gasteiger partial charge in [-0.1, -0.05) is 23.8 Å². The molecule has 0 spiro atoms. The van der Waals surface area contributed by atoms with E-state index in [0.29, 0.717) is 40.6 Å². The minimum Gasteiger partial charge on any atom is -0.391 e. The molecule has 0 unspecified atom stereocenters. The van der Waals surface area contributed by atoms with Crippen LogP contribution in [-0.4, -0.2) is 51.0 Å². The Morgan fingerprint density at radius 2 is 1.94 bits per heavy atom. The van der Waals surface area contributed by atoms with E-state index in [2.05, 4.69) is 15.3 Å². The van der Waals surface area contributed by atoms with E-state index in [1.165, 1.54) is 0 Å². The van der Waals surface area contributed by atoms with E-state index in [4.69, 9.17) is 11.6 Å². The van der Waals surface area contributed by atoms with Crippen molar-refractivity contribution in [3.63, 3.8) is 0 Å². The Morgan fingerprint density at radius 1 is 1.19 bits per heavy atom. The number of nitrogens with zero attached hydrogens (tertiary/aromatic N) is 2. The average Bonchev–Trinajstić information content (AvgIpc) is 3.40. The largest absolute Gasteiger partial charge is 0.391 e. The average molecular weight is 439 g/mol. The van der Waals surface area contributed by atoms with Gasteiger partial charge in [0.2, 0.25) is 0 Å². The number of benzene rings is 2. The molecule has 1 aliphatic rings. The molecular formula is C23H23ClN4O3. The second-order valence-electron chi connectivity index (χ2n) is 7.69. The van der Waals surface area contributed by atoms with Gasteiger partial charge >= 0.3 is 0 Å². The van der Waals surface area contributed by atoms with Crippen LogP contribution in [0.3, 0.4) is 0 Å². The summed E-state index contributed by atoms with van der Waals surface area (Å²) in [4.78, 5) is 34.9. The minimum atomic E-state index is -0.885. The van der Waals surface area contributed by atoms with Crippen molar-refractivity contribution in [1.82, 2.24) is 20.2 Å². The number of hydrogen-bond acceptors (Lipinski definition) is 4. The molecule has 1 aromatic heterocycles. The van der Waals surface area contributed by atoms with Crippen LogP contribution in [0.1, 0.15) is 45.1 Å². The maximum absolute atomic E-state index is 12.9. The SMILES string of the molecule is Cc1cc(C(=O)N[C@H](c2nc3ccc(Cl)cc3[nH]2)[C@H](C)O)ccc1C(=O)N1CC=CC1. The normalized spacial score (nSPS) is 15.3. The van der Waals surface area contributed by atoms with Crippen LogP contribution in [0.2, 0.25) is 5.02 Å². The van der Waals surface area contributed by atoms with Crippen LogP contribution in [0.5, 0.6) is 0 Å². The molecule has 7 nitrogen and oxygen atoms in total. The van der Waals surface area contributed by atoms with Crippen molar-refractivity contribution in [1.29, 1.82) is 0 Å². The number of rotatable bonds is 5. The molecule has 0 saturated carbocycles. The Hall–Kier alpha value is -3.16.